The second-order valence-electron chi connectivity index (χ2n) is 27.4. The number of carbonyl (C=O) groups excluding carboxylic acids is 1. The van der Waals surface area contributed by atoms with Gasteiger partial charge in [0.25, 0.3) is 0 Å². The number of esters is 1. The quantitative estimate of drug-likeness (QED) is 0.0182. The number of phenols is 1. The number of halogens is 5. The summed E-state index contributed by atoms with van der Waals surface area (Å²) in [6.07, 6.45) is 1.85. The molecule has 0 bridgehead atoms. The molecule has 0 aliphatic heterocycles. The molecule has 0 radical (unpaired) electrons. The smallest absolute Gasteiger partial charge is 0.323 e. The van der Waals surface area contributed by atoms with Crippen LogP contribution in [0.5, 0.6) is 109 Å². The molecule has 14 rings (SSSR count). The van der Waals surface area contributed by atoms with Crippen molar-refractivity contribution < 1.29 is 82.2 Å². The fourth-order valence-corrected chi connectivity index (χ4v) is 11.9. The first-order chi connectivity index (χ1) is 60.4. The predicted molar refractivity (Wildman–Crippen MR) is 495 cm³/mol. The van der Waals surface area contributed by atoms with Crippen LogP contribution in [0, 0.1) is 0 Å². The standard InChI is InChI=1S/C23H22ClNO4.C22H20ClNO4.C21H18ClNO4.C21H20ClNO3.C12H9ClO2.CH4/c1-25-22(23(26)27-2)15-16-3-7-18(8-4-16)28-20-11-13-21(14-12-20)29-19-9-5-17(24)6-10-19;1-24-21(22(25)26)14-15-2-6-17(7-3-15)27-19-10-12-20(13-11-19)28-18-8-4-16(23)5-9-18;22-15-3-7-17(8-4-15)27-19-11-9-18(10-12-19)26-16-5-1-14(2-6-16)13-20(23)21(24)25;22-16-3-7-19(8-4-16)26-21-11-9-20(10-12-21)25-18-5-1-15(2-6-18)13-17(23)14-24;13-9-1-5-11(6-2-9)15-12-7-3-10(14)4-8-12;/h3-14,22,25H,15H2,1-2H3;2-13,21,24H,14H2,1H3,(H,25,26);1-12,20H,13,23H2,(H,24,25);1-12,17,24H,13-14,23H2;1-8,14H;1H4/t22-;21-;20-;17-;;/m0000../s1. The zero-order chi connectivity index (χ0) is 88.8. The summed E-state index contributed by atoms with van der Waals surface area (Å²) < 4.78 is 56.6. The van der Waals surface area contributed by atoms with E-state index in [1.807, 2.05) is 182 Å². The summed E-state index contributed by atoms with van der Waals surface area (Å²) in [5.41, 5.74) is 15.1. The molecule has 4 atom stereocenters. The fraction of sp³-hybridized carbons (Fsp3) is 0.130. The lowest BCUT2D eigenvalue weighted by atomic mass is 10.1. The van der Waals surface area contributed by atoms with Crippen LogP contribution >= 0.6 is 58.0 Å². The molecule has 0 unspecified atom stereocenters. The monoisotopic (exact) mass is 1800 g/mol. The Bertz CT molecular complexity index is 5550. The highest BCUT2D eigenvalue weighted by atomic mass is 35.5. The summed E-state index contributed by atoms with van der Waals surface area (Å²) in [5, 5.41) is 45.1. The molecule has 10 N–H and O–H groups in total. The first-order valence-corrected chi connectivity index (χ1v) is 40.8. The number of aliphatic hydroxyl groups excluding tert-OH is 1. The van der Waals surface area contributed by atoms with Gasteiger partial charge >= 0.3 is 17.9 Å². The van der Waals surface area contributed by atoms with E-state index < -0.39 is 24.0 Å². The maximum atomic E-state index is 11.7. The molecule has 26 heteroatoms. The van der Waals surface area contributed by atoms with E-state index in [1.165, 1.54) is 7.11 Å². The summed E-state index contributed by atoms with van der Waals surface area (Å²) in [7, 11) is 4.76. The van der Waals surface area contributed by atoms with Crippen LogP contribution in [0.2, 0.25) is 25.1 Å². The Morgan fingerprint density at radius 1 is 0.286 bits per heavy atom. The number of carbonyl (C=O) groups is 3. The summed E-state index contributed by atoms with van der Waals surface area (Å²) in [5.74, 6) is 10.6. The first-order valence-electron chi connectivity index (χ1n) is 38.9. The number of hydrogen-bond donors (Lipinski definition) is 8. The molecule has 0 saturated carbocycles. The van der Waals surface area contributed by atoms with E-state index in [0.717, 1.165) is 33.8 Å². The number of carboxylic acids is 2. The molecule has 21 nitrogen and oxygen atoms in total. The van der Waals surface area contributed by atoms with Gasteiger partial charge in [0.15, 0.2) is 0 Å². The van der Waals surface area contributed by atoms with Gasteiger partial charge in [0, 0.05) is 31.2 Å². The molecule has 0 spiro atoms. The SMILES string of the molecule is C.CN[C@@H](Cc1ccc(Oc2ccc(Oc3ccc(Cl)cc3)cc2)cc1)C(=O)O.CN[C@@H](Cc1ccc(Oc2ccc(Oc3ccc(Cl)cc3)cc2)cc1)C(=O)OC.N[C@@H](Cc1ccc(Oc2ccc(Oc3ccc(Cl)cc3)cc2)cc1)C(=O)O.N[C@H](CO)Cc1ccc(Oc2ccc(Oc3ccc(Cl)cc3)cc2)cc1.Oc1ccc(Oc2ccc(Cl)cc2)cc1. The van der Waals surface area contributed by atoms with Gasteiger partial charge in [-0.2, -0.15) is 0 Å². The molecule has 0 heterocycles. The van der Waals surface area contributed by atoms with E-state index >= 15 is 0 Å². The summed E-state index contributed by atoms with van der Waals surface area (Å²) in [4.78, 5) is 33.6. The van der Waals surface area contributed by atoms with Crippen LogP contribution in [0.25, 0.3) is 0 Å². The van der Waals surface area contributed by atoms with Crippen molar-refractivity contribution in [1.29, 1.82) is 0 Å². The summed E-state index contributed by atoms with van der Waals surface area (Å²) in [6, 6.07) is 99.2. The largest absolute Gasteiger partial charge is 0.508 e. The van der Waals surface area contributed by atoms with Gasteiger partial charge in [-0.3, -0.25) is 14.4 Å². The Balaban J connectivity index is 0.000000180. The number of benzene rings is 14. The van der Waals surface area contributed by atoms with Gasteiger partial charge in [0.2, 0.25) is 0 Å². The molecule has 14 aromatic rings. The van der Waals surface area contributed by atoms with Crippen molar-refractivity contribution in [1.82, 2.24) is 10.6 Å². The number of carboxylic acid groups (broad SMARTS) is 2. The third-order valence-electron chi connectivity index (χ3n) is 17.9. The second kappa shape index (κ2) is 50.5. The molecule has 0 aliphatic rings. The predicted octanol–water partition coefficient (Wildman–Crippen LogP) is 24.5. The van der Waals surface area contributed by atoms with Crippen molar-refractivity contribution >= 4 is 75.9 Å². The molecular weight excluding hydrogens is 1710 g/mol. The fourth-order valence-electron chi connectivity index (χ4n) is 11.3. The second-order valence-corrected chi connectivity index (χ2v) is 29.6. The number of phenolic OH excluding ortho intramolecular Hbond substituents is 1. The van der Waals surface area contributed by atoms with E-state index in [4.69, 9.17) is 137 Å². The number of methoxy groups -OCH3 is 1. The van der Waals surface area contributed by atoms with Gasteiger partial charge < -0.3 is 89.9 Å². The van der Waals surface area contributed by atoms with Gasteiger partial charge in [0.1, 0.15) is 127 Å². The molecule has 0 saturated heterocycles. The zero-order valence-corrected chi connectivity index (χ0v) is 71.6. The molecule has 0 amide bonds. The van der Waals surface area contributed by atoms with Crippen molar-refractivity contribution in [2.45, 2.75) is 57.3 Å². The lowest BCUT2D eigenvalue weighted by Crippen LogP contribution is -2.36. The average molecular weight is 1800 g/mol. The summed E-state index contributed by atoms with van der Waals surface area (Å²) in [6.45, 7) is -0.0251. The molecular formula is C100H93Cl5N4O17. The minimum Gasteiger partial charge on any atom is -0.508 e. The Kier molecular flexibility index (Phi) is 38.7. The molecule has 0 aliphatic carbocycles. The van der Waals surface area contributed by atoms with Crippen molar-refractivity contribution in [3.05, 3.63) is 387 Å². The highest BCUT2D eigenvalue weighted by Gasteiger charge is 2.19. The van der Waals surface area contributed by atoms with E-state index in [2.05, 4.69) is 10.6 Å². The molecule has 650 valence electrons. The van der Waals surface area contributed by atoms with Crippen LogP contribution in [0.15, 0.2) is 340 Å². The van der Waals surface area contributed by atoms with E-state index in [-0.39, 0.29) is 44.3 Å². The van der Waals surface area contributed by atoms with Crippen molar-refractivity contribution in [3.8, 4) is 109 Å². The third kappa shape index (κ3) is 33.8. The number of nitrogens with one attached hydrogen (secondary N) is 2. The minimum absolute atomic E-state index is 0. The maximum absolute atomic E-state index is 11.7. The van der Waals surface area contributed by atoms with Crippen molar-refractivity contribution in [2.75, 3.05) is 27.8 Å². The zero-order valence-electron chi connectivity index (χ0n) is 67.8. The van der Waals surface area contributed by atoms with E-state index in [9.17, 15) is 14.4 Å². The van der Waals surface area contributed by atoms with Crippen molar-refractivity contribution in [3.63, 3.8) is 0 Å². The molecule has 0 aromatic heterocycles. The van der Waals surface area contributed by atoms with Crippen LogP contribution in [-0.2, 0) is 44.8 Å². The van der Waals surface area contributed by atoms with Crippen molar-refractivity contribution in [2.24, 2.45) is 11.5 Å². The van der Waals surface area contributed by atoms with Crippen LogP contribution in [0.4, 0.5) is 0 Å². The number of rotatable bonds is 32. The molecule has 126 heavy (non-hydrogen) atoms. The first kappa shape index (κ1) is 96.6. The van der Waals surface area contributed by atoms with Gasteiger partial charge in [-0.15, -0.1) is 0 Å². The summed E-state index contributed by atoms with van der Waals surface area (Å²) >= 11 is 29.2. The van der Waals surface area contributed by atoms with Gasteiger partial charge in [0.05, 0.1) is 13.7 Å². The number of likely N-dealkylation sites (N-methyl/N-ethyl adjacent to an activating group) is 2. The third-order valence-corrected chi connectivity index (χ3v) is 19.1. The normalized spacial score (nSPS) is 11.4. The highest BCUT2D eigenvalue weighted by Crippen LogP contribution is 2.35. The number of aliphatic hydroxyl groups is 1. The van der Waals surface area contributed by atoms with Crippen LogP contribution < -0.4 is 64.7 Å². The number of ether oxygens (including phenoxy) is 10. The number of aliphatic carboxylic acids is 2. The van der Waals surface area contributed by atoms with Crippen LogP contribution in [0.3, 0.4) is 0 Å². The molecule has 0 fully saturated rings. The lowest BCUT2D eigenvalue weighted by molar-refractivity contribution is -0.143. The van der Waals surface area contributed by atoms with Gasteiger partial charge in [-0.05, 0) is 353 Å². The van der Waals surface area contributed by atoms with E-state index in [1.54, 1.807) is 172 Å². The van der Waals surface area contributed by atoms with Crippen LogP contribution in [-0.4, -0.2) is 90.3 Å². The number of nitrogens with two attached hydrogens (primary N) is 2. The van der Waals surface area contributed by atoms with E-state index in [0.29, 0.717) is 136 Å². The Labute approximate surface area is 756 Å². The average Bonchev–Trinajstić information content (AvgIpc) is 0.870. The molecule has 14 aromatic carbocycles. The Hall–Kier alpha value is -13.3. The lowest BCUT2D eigenvalue weighted by Gasteiger charge is -2.14. The number of hydrogen-bond acceptors (Lipinski definition) is 19. The van der Waals surface area contributed by atoms with Crippen LogP contribution in [0.1, 0.15) is 29.7 Å². The highest BCUT2D eigenvalue weighted by molar-refractivity contribution is 6.31. The minimum atomic E-state index is -1.02. The van der Waals surface area contributed by atoms with Gasteiger partial charge in [-0.25, -0.2) is 0 Å². The Morgan fingerprint density at radius 3 is 0.643 bits per heavy atom. The topological polar surface area (TPSA) is 301 Å². The number of aromatic hydroxyl groups is 1. The maximum Gasteiger partial charge on any atom is 0.323 e. The Morgan fingerprint density at radius 2 is 0.460 bits per heavy atom. The van der Waals surface area contributed by atoms with Gasteiger partial charge in [-0.1, -0.05) is 114 Å².